The van der Waals surface area contributed by atoms with E-state index in [0.717, 1.165) is 51.3 Å². The van der Waals surface area contributed by atoms with Crippen LogP contribution in [0.15, 0.2) is 98.6 Å². The van der Waals surface area contributed by atoms with Gasteiger partial charge >= 0.3 is 0 Å². The van der Waals surface area contributed by atoms with E-state index < -0.39 is 0 Å². The monoisotopic (exact) mass is 1040 g/mol. The van der Waals surface area contributed by atoms with Crippen LogP contribution in [-0.4, -0.2) is 100.0 Å². The molecule has 75 heavy (non-hydrogen) atoms. The maximum absolute atomic E-state index is 12.7. The van der Waals surface area contributed by atoms with Crippen molar-refractivity contribution < 1.29 is 9.59 Å². The molecule has 2 saturated carbocycles. The summed E-state index contributed by atoms with van der Waals surface area (Å²) in [5, 5.41) is 46.6. The number of carbonyl (C=O) groups is 2. The van der Waals surface area contributed by atoms with Crippen LogP contribution in [0.4, 0.5) is 0 Å². The second-order valence-corrected chi connectivity index (χ2v) is 19.6. The Balaban J connectivity index is 0.000000152. The molecule has 2 aliphatic carbocycles. The van der Waals surface area contributed by atoms with Crippen LogP contribution in [0, 0.1) is 11.3 Å². The van der Waals surface area contributed by atoms with Crippen molar-refractivity contribution in [3.05, 3.63) is 171 Å². The molecule has 0 spiro atoms. The number of imidazole rings is 4. The van der Waals surface area contributed by atoms with E-state index in [1.54, 1.807) is 52.6 Å². The third-order valence-electron chi connectivity index (χ3n) is 13.2. The third-order valence-corrected chi connectivity index (χ3v) is 13.7. The van der Waals surface area contributed by atoms with E-state index in [4.69, 9.17) is 38.4 Å². The Morgan fingerprint density at radius 3 is 1.65 bits per heavy atom. The van der Waals surface area contributed by atoms with E-state index in [1.165, 1.54) is 36.8 Å². The largest absolute Gasteiger partial charge is 0.345 e. The van der Waals surface area contributed by atoms with Crippen LogP contribution in [-0.2, 0) is 45.4 Å². The fourth-order valence-electron chi connectivity index (χ4n) is 9.12. The average molecular weight is 1040 g/mol. The zero-order chi connectivity index (χ0) is 51.0. The summed E-state index contributed by atoms with van der Waals surface area (Å²) < 4.78 is 11.0. The van der Waals surface area contributed by atoms with Gasteiger partial charge in [-0.2, -0.15) is 10.5 Å². The second-order valence-electron chi connectivity index (χ2n) is 18.7. The number of nitrogens with one attached hydrogen (secondary N) is 3. The number of aromatic amines is 1. The second kappa shape index (κ2) is 20.2. The van der Waals surface area contributed by atoms with E-state index in [0.29, 0.717) is 71.4 Å². The molecule has 2 fully saturated rings. The number of halogens is 2. The summed E-state index contributed by atoms with van der Waals surface area (Å²) in [6, 6.07) is 13.8. The highest BCUT2D eigenvalue weighted by atomic mass is 35.5. The molecule has 0 bridgehead atoms. The predicted molar refractivity (Wildman–Crippen MR) is 271 cm³/mol. The van der Waals surface area contributed by atoms with Gasteiger partial charge < -0.3 is 28.2 Å². The third kappa shape index (κ3) is 10.5. The first-order valence-corrected chi connectivity index (χ1v) is 25.1. The number of aromatic nitrogens is 18. The Morgan fingerprint density at radius 1 is 0.653 bits per heavy atom. The van der Waals surface area contributed by atoms with Crippen molar-refractivity contribution in [3.63, 3.8) is 0 Å². The summed E-state index contributed by atoms with van der Waals surface area (Å²) in [7, 11) is 0. The van der Waals surface area contributed by atoms with Gasteiger partial charge in [0.1, 0.15) is 11.3 Å². The van der Waals surface area contributed by atoms with Crippen molar-refractivity contribution in [1.29, 1.82) is 5.26 Å². The minimum absolute atomic E-state index is 0.214. The lowest BCUT2D eigenvalue weighted by atomic mass is 10.1. The van der Waals surface area contributed by atoms with Crippen molar-refractivity contribution in [2.24, 2.45) is 0 Å². The number of hydrogen-bond acceptors (Lipinski definition) is 14. The number of nitriles is 1. The van der Waals surface area contributed by atoms with Crippen molar-refractivity contribution in [1.82, 2.24) is 98.8 Å². The molecule has 376 valence electrons. The predicted octanol–water partition coefficient (Wildman–Crippen LogP) is 5.92. The van der Waals surface area contributed by atoms with E-state index in [1.807, 2.05) is 44.1 Å². The summed E-state index contributed by atoms with van der Waals surface area (Å²) in [6.07, 6.45) is 25.9. The number of tetrazole rings is 1. The fourth-order valence-corrected chi connectivity index (χ4v) is 9.44. The quantitative estimate of drug-likeness (QED) is 0.0956. The molecule has 11 aromatic rings. The van der Waals surface area contributed by atoms with Crippen LogP contribution in [0.1, 0.15) is 116 Å². The summed E-state index contributed by atoms with van der Waals surface area (Å²) in [6.45, 7) is 1.24. The highest BCUT2D eigenvalue weighted by molar-refractivity contribution is 6.31. The van der Waals surface area contributed by atoms with Gasteiger partial charge in [-0.1, -0.05) is 51.0 Å². The number of hydrogen-bond donors (Lipinski definition) is 3. The van der Waals surface area contributed by atoms with Crippen molar-refractivity contribution in [2.75, 3.05) is 0 Å². The first kappa shape index (κ1) is 47.1. The Labute approximate surface area is 435 Å². The number of carbonyl (C=O) groups excluding carboxylic acids is 2. The van der Waals surface area contributed by atoms with Crippen LogP contribution in [0.3, 0.4) is 0 Å². The molecular formula is C50H45Cl2N21O2. The van der Waals surface area contributed by atoms with Gasteiger partial charge in [-0.25, -0.2) is 29.3 Å². The first-order valence-electron chi connectivity index (χ1n) is 24.3. The molecule has 11 heterocycles. The van der Waals surface area contributed by atoms with Crippen LogP contribution >= 0.6 is 23.2 Å². The van der Waals surface area contributed by atoms with Crippen molar-refractivity contribution in [3.8, 4) is 6.07 Å². The lowest BCUT2D eigenvalue weighted by Gasteiger charge is -2.06. The highest BCUT2D eigenvalue weighted by Crippen LogP contribution is 2.41. The molecule has 0 aromatic carbocycles. The molecular weight excluding hydrogens is 998 g/mol. The molecule has 0 unspecified atom stereocenters. The highest BCUT2D eigenvalue weighted by Gasteiger charge is 2.27. The van der Waals surface area contributed by atoms with Gasteiger partial charge in [0, 0.05) is 60.1 Å². The minimum atomic E-state index is -0.340. The fraction of sp³-hybridized carbons (Fsp3) is 0.280. The number of rotatable bonds is 17. The SMILES string of the molecule is N#CCCc1cc(C2CC2)cn2cc(Cn3cc(C(=O)NCc4ncn5ccc(Cl)cc45)nn3)nc12.O=C(NCc1ncn2ccc(Cl)cc12)c1cn(Cc2cn3cc(C4CC4)cc(CCc4nn[nH]n4)c3n2)nn1. The lowest BCUT2D eigenvalue weighted by Crippen LogP contribution is -2.23. The Morgan fingerprint density at radius 2 is 1.17 bits per heavy atom. The molecule has 23 nitrogen and oxygen atoms in total. The molecule has 0 radical (unpaired) electrons. The van der Waals surface area contributed by atoms with Gasteiger partial charge in [0.25, 0.3) is 11.8 Å². The molecule has 2 amide bonds. The lowest BCUT2D eigenvalue weighted by molar-refractivity contribution is 0.0937. The Bertz CT molecular complexity index is 3940. The number of H-pyrrole nitrogens is 1. The van der Waals surface area contributed by atoms with Gasteiger partial charge in [-0.15, -0.1) is 20.4 Å². The molecule has 11 aromatic heterocycles. The molecule has 13 rings (SSSR count). The maximum atomic E-state index is 12.7. The van der Waals surface area contributed by atoms with Crippen LogP contribution in [0.2, 0.25) is 10.0 Å². The van der Waals surface area contributed by atoms with Gasteiger partial charge in [-0.3, -0.25) is 9.59 Å². The first-order chi connectivity index (χ1) is 36.7. The normalized spacial score (nSPS) is 13.4. The Kier molecular flexibility index (Phi) is 12.7. The molecule has 0 saturated heterocycles. The summed E-state index contributed by atoms with van der Waals surface area (Å²) in [5.41, 5.74) is 11.7. The summed E-state index contributed by atoms with van der Waals surface area (Å²) in [5.74, 6) is 1.21. The number of fused-ring (bicyclic) bond motifs is 4. The number of aryl methyl sites for hydroxylation is 3. The van der Waals surface area contributed by atoms with Gasteiger partial charge in [0.15, 0.2) is 17.2 Å². The molecule has 2 aliphatic rings. The standard InChI is InChI=1S/C25H23ClN12O.C25H22ClN9O/c26-18-5-6-36-14-28-20(22(36)8-18)9-27-25(39)21-13-38(35-30-21)12-19-11-37-10-17(15-1-2-15)7-16(24(37)29-19)3-4-23-31-33-34-32-23;26-19-5-7-33-15-29-21(23(33)9-19)10-28-25(36)22-14-35(32-31-22)13-20-12-34-11-18(16-3-4-16)8-17(2-1-6-27)24(34)30-20/h5-8,10-11,13-15H,1-4,9,12H2,(H,27,39)(H,31,32,33,34);5,7-9,11-12,14-16H,1-4,10,13H2,(H,28,36). The van der Waals surface area contributed by atoms with E-state index in [-0.39, 0.29) is 36.3 Å². The molecule has 25 heteroatoms. The van der Waals surface area contributed by atoms with Crippen molar-refractivity contribution >= 4 is 57.3 Å². The van der Waals surface area contributed by atoms with Crippen molar-refractivity contribution in [2.45, 2.75) is 89.4 Å². The average Bonchev–Trinajstić information content (AvgIpc) is 3.83. The molecule has 0 aliphatic heterocycles. The van der Waals surface area contributed by atoms with Crippen LogP contribution in [0.25, 0.3) is 22.3 Å². The van der Waals surface area contributed by atoms with Gasteiger partial charge in [0.05, 0.1) is 91.1 Å². The van der Waals surface area contributed by atoms with Gasteiger partial charge in [-0.05, 0) is 96.9 Å². The summed E-state index contributed by atoms with van der Waals surface area (Å²) in [4.78, 5) is 43.8. The Hall–Kier alpha value is -8.88. The van der Waals surface area contributed by atoms with Crippen LogP contribution in [0.5, 0.6) is 0 Å². The number of amides is 2. The van der Waals surface area contributed by atoms with Crippen LogP contribution < -0.4 is 10.6 Å². The smallest absolute Gasteiger partial charge is 0.273 e. The zero-order valence-electron chi connectivity index (χ0n) is 40.0. The zero-order valence-corrected chi connectivity index (χ0v) is 41.5. The van der Waals surface area contributed by atoms with E-state index >= 15 is 0 Å². The van der Waals surface area contributed by atoms with E-state index in [9.17, 15) is 9.59 Å². The molecule has 0 atom stereocenters. The van der Waals surface area contributed by atoms with Gasteiger partial charge in [0.2, 0.25) is 0 Å². The number of nitrogens with zero attached hydrogens (tertiary/aromatic N) is 18. The van der Waals surface area contributed by atoms with E-state index in [2.05, 4.69) is 96.8 Å². The summed E-state index contributed by atoms with van der Waals surface area (Å²) >= 11 is 12.2. The molecule has 3 N–H and O–H groups in total. The maximum Gasteiger partial charge on any atom is 0.273 e. The number of pyridine rings is 4. The topological polar surface area (TPSA) is 267 Å². The minimum Gasteiger partial charge on any atom is -0.345 e.